The molecule has 34 heavy (non-hydrogen) atoms. The Hall–Kier alpha value is -2.41. The van der Waals surface area contributed by atoms with E-state index < -0.39 is 16.1 Å². The summed E-state index contributed by atoms with van der Waals surface area (Å²) in [6.07, 6.45) is 3.48. The first-order valence-electron chi connectivity index (χ1n) is 12.3. The monoisotopic (exact) mass is 482 g/mol. The number of rotatable bonds is 13. The summed E-state index contributed by atoms with van der Waals surface area (Å²) >= 11 is 0. The quantitative estimate of drug-likeness (QED) is 0.344. The van der Waals surface area contributed by atoms with Gasteiger partial charge in [-0.2, -0.15) is 0 Å². The molecule has 0 spiro atoms. The molecule has 184 valence electrons. The zero-order valence-corrected chi connectivity index (χ0v) is 21.5. The number of anilines is 1. The van der Waals surface area contributed by atoms with Crippen LogP contribution in [-0.4, -0.2) is 50.7 Å². The molecule has 0 unspecified atom stereocenters. The zero-order valence-electron chi connectivity index (χ0n) is 20.7. The SMILES string of the molecule is CCCCN(CCCC)C[C@@H](O)CN(c1cccc2ccccc12)S(=O)(=O)c1ccc(C)cc1. The Morgan fingerprint density at radius 2 is 1.44 bits per heavy atom. The minimum absolute atomic E-state index is 0.00102. The number of hydrogen-bond acceptors (Lipinski definition) is 4. The van der Waals surface area contributed by atoms with Gasteiger partial charge in [0.2, 0.25) is 0 Å². The number of nitrogens with zero attached hydrogens (tertiary/aromatic N) is 2. The summed E-state index contributed by atoms with van der Waals surface area (Å²) in [5, 5.41) is 12.9. The molecule has 3 rings (SSSR count). The van der Waals surface area contributed by atoms with Crippen molar-refractivity contribution in [2.24, 2.45) is 0 Å². The van der Waals surface area contributed by atoms with Crippen molar-refractivity contribution >= 4 is 26.5 Å². The predicted octanol–water partition coefficient (Wildman–Crippen LogP) is 5.61. The molecule has 0 amide bonds. The fourth-order valence-corrected chi connectivity index (χ4v) is 5.72. The topological polar surface area (TPSA) is 60.9 Å². The Morgan fingerprint density at radius 3 is 2.09 bits per heavy atom. The largest absolute Gasteiger partial charge is 0.390 e. The van der Waals surface area contributed by atoms with Crippen molar-refractivity contribution in [1.29, 1.82) is 0 Å². The summed E-state index contributed by atoms with van der Waals surface area (Å²) in [5.41, 5.74) is 1.59. The van der Waals surface area contributed by atoms with E-state index in [1.165, 1.54) is 4.31 Å². The third kappa shape index (κ3) is 6.59. The Morgan fingerprint density at radius 1 is 0.824 bits per heavy atom. The molecule has 0 saturated carbocycles. The van der Waals surface area contributed by atoms with E-state index in [0.717, 1.165) is 55.1 Å². The first kappa shape index (κ1) is 26.2. The van der Waals surface area contributed by atoms with E-state index in [1.807, 2.05) is 61.5 Å². The number of benzene rings is 3. The predicted molar refractivity (Wildman–Crippen MR) is 142 cm³/mol. The molecule has 1 N–H and O–H groups in total. The standard InChI is InChI=1S/C28H38N2O3S/c1-4-6-19-29(20-7-5-2)21-25(31)22-30(34(32,33)26-17-15-23(3)16-18-26)28-14-10-12-24-11-8-9-13-27(24)28/h8-18,25,31H,4-7,19-22H2,1-3H3/t25-/m1/s1. The number of aliphatic hydroxyl groups excluding tert-OH is 1. The molecule has 0 aromatic heterocycles. The Kier molecular flexibility index (Phi) is 9.51. The van der Waals surface area contributed by atoms with Gasteiger partial charge in [-0.1, -0.05) is 80.8 Å². The van der Waals surface area contributed by atoms with Gasteiger partial charge in [-0.25, -0.2) is 8.42 Å². The lowest BCUT2D eigenvalue weighted by atomic mass is 10.1. The molecular weight excluding hydrogens is 444 g/mol. The molecule has 1 atom stereocenters. The van der Waals surface area contributed by atoms with E-state index in [9.17, 15) is 13.5 Å². The van der Waals surface area contributed by atoms with Crippen molar-refractivity contribution in [2.75, 3.05) is 30.5 Å². The summed E-state index contributed by atoms with van der Waals surface area (Å²) < 4.78 is 29.1. The summed E-state index contributed by atoms with van der Waals surface area (Å²) in [7, 11) is -3.87. The van der Waals surface area contributed by atoms with Crippen molar-refractivity contribution in [3.8, 4) is 0 Å². The molecule has 3 aromatic carbocycles. The second-order valence-corrected chi connectivity index (χ2v) is 10.9. The smallest absolute Gasteiger partial charge is 0.264 e. The van der Waals surface area contributed by atoms with Gasteiger partial charge in [0, 0.05) is 11.9 Å². The van der Waals surface area contributed by atoms with Crippen LogP contribution in [0.15, 0.2) is 71.6 Å². The first-order valence-corrected chi connectivity index (χ1v) is 13.8. The van der Waals surface area contributed by atoms with E-state index in [4.69, 9.17) is 0 Å². The highest BCUT2D eigenvalue weighted by Crippen LogP contribution is 2.31. The fourth-order valence-electron chi connectivity index (χ4n) is 4.19. The first-order chi connectivity index (χ1) is 16.4. The molecule has 5 nitrogen and oxygen atoms in total. The second-order valence-electron chi connectivity index (χ2n) is 9.01. The normalized spacial score (nSPS) is 12.9. The van der Waals surface area contributed by atoms with Gasteiger partial charge in [0.05, 0.1) is 23.2 Å². The molecule has 0 aliphatic heterocycles. The van der Waals surface area contributed by atoms with Crippen LogP contribution in [0.25, 0.3) is 10.8 Å². The minimum Gasteiger partial charge on any atom is -0.390 e. The van der Waals surface area contributed by atoms with E-state index in [2.05, 4.69) is 18.7 Å². The number of aryl methyl sites for hydroxylation is 1. The van der Waals surface area contributed by atoms with Crippen molar-refractivity contribution in [1.82, 2.24) is 4.90 Å². The molecule has 0 aliphatic carbocycles. The average molecular weight is 483 g/mol. The number of unbranched alkanes of at least 4 members (excludes halogenated alkanes) is 2. The third-order valence-electron chi connectivity index (χ3n) is 6.15. The molecule has 0 aliphatic rings. The van der Waals surface area contributed by atoms with Gasteiger partial charge in [0.15, 0.2) is 0 Å². The number of aliphatic hydroxyl groups is 1. The van der Waals surface area contributed by atoms with Gasteiger partial charge in [-0.15, -0.1) is 0 Å². The molecule has 6 heteroatoms. The van der Waals surface area contributed by atoms with E-state index in [-0.39, 0.29) is 11.4 Å². The van der Waals surface area contributed by atoms with Crippen LogP contribution in [0.4, 0.5) is 5.69 Å². The maximum atomic E-state index is 13.9. The van der Waals surface area contributed by atoms with Crippen LogP contribution >= 0.6 is 0 Å². The van der Waals surface area contributed by atoms with Crippen molar-refractivity contribution in [3.63, 3.8) is 0 Å². The van der Waals surface area contributed by atoms with Gasteiger partial charge in [-0.05, 0) is 56.4 Å². The van der Waals surface area contributed by atoms with Crippen LogP contribution < -0.4 is 4.31 Å². The Balaban J connectivity index is 1.97. The van der Waals surface area contributed by atoms with Gasteiger partial charge in [0.1, 0.15) is 0 Å². The number of sulfonamides is 1. The summed E-state index contributed by atoms with van der Waals surface area (Å²) in [6.45, 7) is 8.52. The van der Waals surface area contributed by atoms with Crippen molar-refractivity contribution in [2.45, 2.75) is 57.5 Å². The van der Waals surface area contributed by atoms with E-state index >= 15 is 0 Å². The Bertz CT molecular complexity index is 1130. The molecular formula is C28H38N2O3S. The maximum absolute atomic E-state index is 13.9. The summed E-state index contributed by atoms with van der Waals surface area (Å²) in [6, 6.07) is 20.3. The number of hydrogen-bond donors (Lipinski definition) is 1. The van der Waals surface area contributed by atoms with Crippen LogP contribution in [0.1, 0.15) is 45.1 Å². The Labute approximate surface area is 205 Å². The maximum Gasteiger partial charge on any atom is 0.264 e. The highest BCUT2D eigenvalue weighted by atomic mass is 32.2. The van der Waals surface area contributed by atoms with Gasteiger partial charge in [0.25, 0.3) is 10.0 Å². The van der Waals surface area contributed by atoms with Crippen molar-refractivity contribution in [3.05, 3.63) is 72.3 Å². The lowest BCUT2D eigenvalue weighted by Gasteiger charge is -2.31. The highest BCUT2D eigenvalue weighted by molar-refractivity contribution is 7.92. The molecule has 0 fully saturated rings. The lowest BCUT2D eigenvalue weighted by molar-refractivity contribution is 0.117. The van der Waals surface area contributed by atoms with Crippen LogP contribution in [0.2, 0.25) is 0 Å². The average Bonchev–Trinajstić information content (AvgIpc) is 2.84. The van der Waals surface area contributed by atoms with Crippen molar-refractivity contribution < 1.29 is 13.5 Å². The van der Waals surface area contributed by atoms with Gasteiger partial charge < -0.3 is 10.0 Å². The van der Waals surface area contributed by atoms with Gasteiger partial charge in [-0.3, -0.25) is 4.31 Å². The zero-order chi connectivity index (χ0) is 24.6. The molecule has 0 saturated heterocycles. The summed E-state index contributed by atoms with van der Waals surface area (Å²) in [5.74, 6) is 0. The van der Waals surface area contributed by atoms with Crippen LogP contribution in [-0.2, 0) is 10.0 Å². The van der Waals surface area contributed by atoms with Crippen LogP contribution in [0.5, 0.6) is 0 Å². The third-order valence-corrected chi connectivity index (χ3v) is 7.94. The van der Waals surface area contributed by atoms with Gasteiger partial charge >= 0.3 is 0 Å². The minimum atomic E-state index is -3.87. The van der Waals surface area contributed by atoms with Crippen LogP contribution in [0, 0.1) is 6.92 Å². The fraction of sp³-hybridized carbons (Fsp3) is 0.429. The molecule has 3 aromatic rings. The number of fused-ring (bicyclic) bond motifs is 1. The van der Waals surface area contributed by atoms with Crippen LogP contribution in [0.3, 0.4) is 0 Å². The molecule has 0 heterocycles. The second kappa shape index (κ2) is 12.3. The van der Waals surface area contributed by atoms with E-state index in [1.54, 1.807) is 12.1 Å². The molecule has 0 radical (unpaired) electrons. The lowest BCUT2D eigenvalue weighted by Crippen LogP contribution is -2.43. The highest BCUT2D eigenvalue weighted by Gasteiger charge is 2.29. The van der Waals surface area contributed by atoms with E-state index in [0.29, 0.717) is 12.2 Å². The summed E-state index contributed by atoms with van der Waals surface area (Å²) in [4.78, 5) is 2.49. The molecule has 0 bridgehead atoms.